The normalized spacial score (nSPS) is 23.9. The fourth-order valence-electron chi connectivity index (χ4n) is 4.11. The molecule has 0 bridgehead atoms. The number of aryl methyl sites for hydroxylation is 1. The van der Waals surface area contributed by atoms with Crippen LogP contribution in [0.3, 0.4) is 0 Å². The summed E-state index contributed by atoms with van der Waals surface area (Å²) in [5.74, 6) is 0.484. The van der Waals surface area contributed by atoms with Gasteiger partial charge in [0.2, 0.25) is 5.88 Å². The average Bonchev–Trinajstić information content (AvgIpc) is 3.02. The second kappa shape index (κ2) is 7.47. The van der Waals surface area contributed by atoms with E-state index in [1.54, 1.807) is 11.3 Å². The molecule has 0 radical (unpaired) electrons. The number of ketones is 1. The molecule has 1 aromatic rings. The monoisotopic (exact) mass is 386 g/mol. The van der Waals surface area contributed by atoms with Crippen LogP contribution in [-0.4, -0.2) is 32.1 Å². The predicted molar refractivity (Wildman–Crippen MR) is 101 cm³/mol. The van der Waals surface area contributed by atoms with Crippen molar-refractivity contribution in [2.75, 3.05) is 26.3 Å². The van der Waals surface area contributed by atoms with E-state index in [9.17, 15) is 10.1 Å². The first-order chi connectivity index (χ1) is 13.1. The quantitative estimate of drug-likeness (QED) is 0.817. The number of nitriles is 1. The summed E-state index contributed by atoms with van der Waals surface area (Å²) in [5.41, 5.74) is 8.31. The van der Waals surface area contributed by atoms with Gasteiger partial charge in [-0.2, -0.15) is 5.26 Å². The predicted octanol–water partition coefficient (Wildman–Crippen LogP) is 1.29. The number of nitrogens with two attached hydrogens (primary N) is 1. The van der Waals surface area contributed by atoms with Crippen molar-refractivity contribution in [2.24, 2.45) is 5.73 Å². The van der Waals surface area contributed by atoms with Crippen molar-refractivity contribution in [1.82, 2.24) is 0 Å². The van der Waals surface area contributed by atoms with E-state index in [4.69, 9.17) is 15.2 Å². The van der Waals surface area contributed by atoms with Crippen LogP contribution in [-0.2, 0) is 20.8 Å². The zero-order valence-electron chi connectivity index (χ0n) is 15.5. The van der Waals surface area contributed by atoms with Crippen molar-refractivity contribution >= 4 is 17.1 Å². The fourth-order valence-corrected chi connectivity index (χ4v) is 5.28. The van der Waals surface area contributed by atoms with E-state index in [1.165, 1.54) is 15.3 Å². The number of carbonyl (C=O) groups excluding carboxylic acids is 1. The molecule has 6 nitrogen and oxygen atoms in total. The van der Waals surface area contributed by atoms with Crippen molar-refractivity contribution in [2.45, 2.75) is 38.6 Å². The number of rotatable bonds is 3. The smallest absolute Gasteiger partial charge is 0.205 e. The van der Waals surface area contributed by atoms with Gasteiger partial charge in [0.15, 0.2) is 5.78 Å². The van der Waals surface area contributed by atoms with Crippen molar-refractivity contribution in [3.8, 4) is 6.07 Å². The number of nitrogens with zero attached hydrogens (tertiary/aromatic N) is 1. The van der Waals surface area contributed by atoms with Gasteiger partial charge in [0.25, 0.3) is 0 Å². The first-order valence-electron chi connectivity index (χ1n) is 9.42. The number of carbonyl (C=O) groups is 1. The molecular formula is C20H24N3O3S+. The number of hydrogen-bond acceptors (Lipinski definition) is 6. The minimum Gasteiger partial charge on any atom is -0.444 e. The first kappa shape index (κ1) is 18.2. The average molecular weight is 386 g/mol. The van der Waals surface area contributed by atoms with Gasteiger partial charge in [-0.3, -0.25) is 4.79 Å². The SMILES string of the molecule is Cc1sc([C@@H]2C(C#N)=C(N)OC3=C2C(=O)CCC3)cc1C[NH+]1CCOCC1. The molecule has 0 saturated carbocycles. The molecule has 27 heavy (non-hydrogen) atoms. The number of Topliss-reactive ketones (excluding diaryl/α,β-unsaturated/α-hetero) is 1. The molecule has 0 amide bonds. The number of quaternary nitrogens is 1. The molecule has 142 valence electrons. The molecule has 3 aliphatic rings. The molecule has 1 atom stereocenters. The molecule has 2 aliphatic heterocycles. The summed E-state index contributed by atoms with van der Waals surface area (Å²) in [6.07, 6.45) is 1.98. The summed E-state index contributed by atoms with van der Waals surface area (Å²) in [7, 11) is 0. The van der Waals surface area contributed by atoms with Crippen LogP contribution in [0.5, 0.6) is 0 Å². The molecule has 1 aliphatic carbocycles. The number of allylic oxidation sites excluding steroid dienone is 3. The van der Waals surface area contributed by atoms with Gasteiger partial charge >= 0.3 is 0 Å². The van der Waals surface area contributed by atoms with Crippen LogP contribution in [0.25, 0.3) is 0 Å². The molecule has 0 unspecified atom stereocenters. The molecule has 4 rings (SSSR count). The lowest BCUT2D eigenvalue weighted by Gasteiger charge is -2.30. The topological polar surface area (TPSA) is 89.8 Å². The highest BCUT2D eigenvalue weighted by Gasteiger charge is 2.39. The van der Waals surface area contributed by atoms with Crippen LogP contribution in [0.15, 0.2) is 28.9 Å². The van der Waals surface area contributed by atoms with E-state index < -0.39 is 0 Å². The maximum Gasteiger partial charge on any atom is 0.205 e. The molecule has 3 N–H and O–H groups in total. The van der Waals surface area contributed by atoms with Crippen LogP contribution >= 0.6 is 11.3 Å². The third-order valence-electron chi connectivity index (χ3n) is 5.57. The maximum absolute atomic E-state index is 12.7. The highest BCUT2D eigenvalue weighted by atomic mass is 32.1. The lowest BCUT2D eigenvalue weighted by Crippen LogP contribution is -3.12. The number of thiophene rings is 1. The summed E-state index contributed by atoms with van der Waals surface area (Å²) in [6, 6.07) is 4.36. The van der Waals surface area contributed by atoms with Crippen LogP contribution in [0, 0.1) is 18.3 Å². The van der Waals surface area contributed by atoms with Gasteiger partial charge < -0.3 is 20.1 Å². The number of ether oxygens (including phenoxy) is 2. The van der Waals surface area contributed by atoms with Gasteiger partial charge in [0, 0.05) is 33.7 Å². The van der Waals surface area contributed by atoms with Crippen LogP contribution < -0.4 is 10.6 Å². The van der Waals surface area contributed by atoms with Gasteiger partial charge in [0.1, 0.15) is 37.0 Å². The largest absolute Gasteiger partial charge is 0.444 e. The van der Waals surface area contributed by atoms with Gasteiger partial charge in [-0.15, -0.1) is 11.3 Å². The summed E-state index contributed by atoms with van der Waals surface area (Å²) >= 11 is 1.66. The molecule has 7 heteroatoms. The van der Waals surface area contributed by atoms with E-state index in [0.717, 1.165) is 44.1 Å². The van der Waals surface area contributed by atoms with Gasteiger partial charge in [0.05, 0.1) is 19.1 Å². The summed E-state index contributed by atoms with van der Waals surface area (Å²) in [4.78, 5) is 16.4. The van der Waals surface area contributed by atoms with E-state index >= 15 is 0 Å². The highest BCUT2D eigenvalue weighted by molar-refractivity contribution is 7.12. The Balaban J connectivity index is 1.70. The Kier molecular flexibility index (Phi) is 5.04. The van der Waals surface area contributed by atoms with Crippen molar-refractivity contribution in [1.29, 1.82) is 5.26 Å². The van der Waals surface area contributed by atoms with E-state index in [2.05, 4.69) is 19.1 Å². The highest BCUT2D eigenvalue weighted by Crippen LogP contribution is 2.45. The Bertz CT molecular complexity index is 872. The minimum absolute atomic E-state index is 0.0768. The summed E-state index contributed by atoms with van der Waals surface area (Å²) in [6.45, 7) is 6.66. The zero-order valence-corrected chi connectivity index (χ0v) is 16.3. The molecule has 1 fully saturated rings. The standard InChI is InChI=1S/C20H23N3O3S/c1-12-13(11-23-5-7-25-8-6-23)9-17(27-12)18-14(10-21)20(22)26-16-4-2-3-15(24)19(16)18/h9,18H,2-8,11,22H2,1H3/p+1/t18-/m0/s1. The van der Waals surface area contributed by atoms with Gasteiger partial charge in [-0.05, 0) is 19.4 Å². The number of morpholine rings is 1. The Morgan fingerprint density at radius 1 is 1.37 bits per heavy atom. The molecule has 1 aromatic heterocycles. The third kappa shape index (κ3) is 3.41. The van der Waals surface area contributed by atoms with Crippen LogP contribution in [0.2, 0.25) is 0 Å². The minimum atomic E-state index is -0.385. The van der Waals surface area contributed by atoms with E-state index in [1.807, 2.05) is 0 Å². The Morgan fingerprint density at radius 2 is 2.15 bits per heavy atom. The lowest BCUT2D eigenvalue weighted by molar-refractivity contribution is -0.921. The molecule has 0 aromatic carbocycles. The first-order valence-corrected chi connectivity index (χ1v) is 10.2. The number of hydrogen-bond donors (Lipinski definition) is 2. The summed E-state index contributed by atoms with van der Waals surface area (Å²) < 4.78 is 11.1. The van der Waals surface area contributed by atoms with Crippen molar-refractivity contribution in [3.63, 3.8) is 0 Å². The number of nitrogens with one attached hydrogen (secondary N) is 1. The van der Waals surface area contributed by atoms with E-state index in [0.29, 0.717) is 29.7 Å². The Labute approximate surface area is 162 Å². The lowest BCUT2D eigenvalue weighted by atomic mass is 9.80. The molecule has 0 spiro atoms. The molecule has 1 saturated heterocycles. The maximum atomic E-state index is 12.7. The van der Waals surface area contributed by atoms with Gasteiger partial charge in [-0.25, -0.2) is 0 Å². The second-order valence-electron chi connectivity index (χ2n) is 7.31. The zero-order chi connectivity index (χ0) is 19.0. The Hall–Kier alpha value is -2.14. The van der Waals surface area contributed by atoms with Gasteiger partial charge in [-0.1, -0.05) is 0 Å². The van der Waals surface area contributed by atoms with Crippen molar-refractivity contribution in [3.05, 3.63) is 44.2 Å². The van der Waals surface area contributed by atoms with Crippen molar-refractivity contribution < 1.29 is 19.2 Å². The molecular weight excluding hydrogens is 362 g/mol. The van der Waals surface area contributed by atoms with Crippen LogP contribution in [0.1, 0.15) is 40.5 Å². The third-order valence-corrected chi connectivity index (χ3v) is 6.73. The second-order valence-corrected chi connectivity index (χ2v) is 8.60. The summed E-state index contributed by atoms with van der Waals surface area (Å²) in [5, 5.41) is 9.69. The molecule has 3 heterocycles. The van der Waals surface area contributed by atoms with E-state index in [-0.39, 0.29) is 17.6 Å². The Morgan fingerprint density at radius 3 is 2.89 bits per heavy atom. The fraction of sp³-hybridized carbons (Fsp3) is 0.500. The van der Waals surface area contributed by atoms with Crippen LogP contribution in [0.4, 0.5) is 0 Å².